The maximum Gasteiger partial charge on any atom is 0.387 e. The van der Waals surface area contributed by atoms with Crippen LogP contribution < -0.4 is 39.1 Å². The Kier molecular flexibility index (Phi) is 8.25. The number of alkyl halides is 2. The van der Waals surface area contributed by atoms with Crippen molar-refractivity contribution in [1.82, 2.24) is 10.6 Å². The van der Waals surface area contributed by atoms with Gasteiger partial charge < -0.3 is 39.1 Å². The minimum atomic E-state index is -2.95. The molecule has 0 aromatic heterocycles. The first-order chi connectivity index (χ1) is 15.1. The normalized spacial score (nSPS) is 13.6. The van der Waals surface area contributed by atoms with E-state index < -0.39 is 6.61 Å². The molecule has 0 spiro atoms. The molecule has 4 rings (SSSR count). The molecule has 2 aromatic carbocycles. The number of halogens is 3. The summed E-state index contributed by atoms with van der Waals surface area (Å²) in [7, 11) is 1.60. The Morgan fingerprint density at radius 3 is 2.41 bits per heavy atom. The van der Waals surface area contributed by atoms with Crippen LogP contribution in [0.1, 0.15) is 5.56 Å². The van der Waals surface area contributed by atoms with Gasteiger partial charge in [-0.25, -0.2) is 0 Å². The van der Waals surface area contributed by atoms with Crippen molar-refractivity contribution in [2.45, 2.75) is 13.2 Å². The minimum absolute atomic E-state index is 0. The van der Waals surface area contributed by atoms with E-state index in [1.54, 1.807) is 31.3 Å². The largest absolute Gasteiger partial charge is 0.492 e. The third kappa shape index (κ3) is 5.87. The smallest absolute Gasteiger partial charge is 0.387 e. The number of rotatable bonds is 8. The number of guanidine groups is 1. The number of ether oxygens (including phenoxy) is 6. The number of hydrogen-bond donors (Lipinski definition) is 2. The van der Waals surface area contributed by atoms with E-state index in [1.807, 2.05) is 0 Å². The molecule has 2 aliphatic rings. The molecule has 12 heteroatoms. The van der Waals surface area contributed by atoms with Crippen molar-refractivity contribution in [2.24, 2.45) is 4.99 Å². The lowest BCUT2D eigenvalue weighted by atomic mass is 10.1. The van der Waals surface area contributed by atoms with E-state index in [0.717, 1.165) is 0 Å². The first kappa shape index (κ1) is 23.8. The number of fused-ring (bicyclic) bond motifs is 2. The molecule has 0 fully saturated rings. The number of nitrogens with one attached hydrogen (secondary N) is 2. The van der Waals surface area contributed by atoms with Crippen molar-refractivity contribution in [3.05, 3.63) is 35.9 Å². The second kappa shape index (κ2) is 11.1. The van der Waals surface area contributed by atoms with Gasteiger partial charge in [-0.15, -0.1) is 24.0 Å². The zero-order valence-corrected chi connectivity index (χ0v) is 19.4. The molecule has 0 unspecified atom stereocenters. The first-order valence-electron chi connectivity index (χ1n) is 9.46. The van der Waals surface area contributed by atoms with Crippen LogP contribution in [-0.2, 0) is 6.54 Å². The fraction of sp³-hybridized carbons (Fsp3) is 0.350. The van der Waals surface area contributed by atoms with Crippen molar-refractivity contribution in [1.29, 1.82) is 0 Å². The summed E-state index contributed by atoms with van der Waals surface area (Å²) in [6.07, 6.45) is 0. The SMILES string of the molecule is CN=C(NCCOc1ccc2c(c1)OCO2)NCc1cc2c(cc1OC(F)F)OCO2.I. The van der Waals surface area contributed by atoms with Crippen LogP contribution >= 0.6 is 24.0 Å². The summed E-state index contributed by atoms with van der Waals surface area (Å²) in [4.78, 5) is 4.12. The molecular formula is C20H22F2IN3O6. The van der Waals surface area contributed by atoms with Gasteiger partial charge >= 0.3 is 6.61 Å². The summed E-state index contributed by atoms with van der Waals surface area (Å²) in [5.74, 6) is 3.30. The van der Waals surface area contributed by atoms with Gasteiger partial charge in [0.05, 0.1) is 6.54 Å². The van der Waals surface area contributed by atoms with E-state index in [1.165, 1.54) is 6.07 Å². The van der Waals surface area contributed by atoms with Crippen LogP contribution in [0.15, 0.2) is 35.3 Å². The average Bonchev–Trinajstić information content (AvgIpc) is 3.41. The fourth-order valence-electron chi connectivity index (χ4n) is 3.01. The Hall–Kier alpha value is -2.90. The van der Waals surface area contributed by atoms with Gasteiger partial charge in [-0.05, 0) is 18.2 Å². The number of hydrogen-bond acceptors (Lipinski definition) is 7. The Balaban J connectivity index is 0.00000289. The van der Waals surface area contributed by atoms with Crippen molar-refractivity contribution in [3.8, 4) is 34.5 Å². The Morgan fingerprint density at radius 1 is 1.00 bits per heavy atom. The summed E-state index contributed by atoms with van der Waals surface area (Å²) in [6, 6.07) is 8.34. The lowest BCUT2D eigenvalue weighted by Crippen LogP contribution is -2.39. The number of nitrogens with zero attached hydrogens (tertiary/aromatic N) is 1. The van der Waals surface area contributed by atoms with Crippen molar-refractivity contribution in [3.63, 3.8) is 0 Å². The molecule has 0 amide bonds. The highest BCUT2D eigenvalue weighted by Crippen LogP contribution is 2.38. The van der Waals surface area contributed by atoms with E-state index in [9.17, 15) is 8.78 Å². The lowest BCUT2D eigenvalue weighted by molar-refractivity contribution is -0.0505. The molecule has 2 aliphatic heterocycles. The monoisotopic (exact) mass is 565 g/mol. The maximum absolute atomic E-state index is 12.8. The van der Waals surface area contributed by atoms with Gasteiger partial charge in [0, 0.05) is 31.3 Å². The molecule has 0 radical (unpaired) electrons. The molecule has 0 saturated carbocycles. The zero-order chi connectivity index (χ0) is 21.6. The Labute approximate surface area is 200 Å². The summed E-state index contributed by atoms with van der Waals surface area (Å²) in [5, 5.41) is 6.14. The second-order valence-corrected chi connectivity index (χ2v) is 6.41. The van der Waals surface area contributed by atoms with Gasteiger partial charge in [0.15, 0.2) is 29.0 Å². The molecule has 2 N–H and O–H groups in total. The van der Waals surface area contributed by atoms with Crippen LogP contribution in [0.4, 0.5) is 8.78 Å². The summed E-state index contributed by atoms with van der Waals surface area (Å²) in [5.41, 5.74) is 0.476. The summed E-state index contributed by atoms with van der Waals surface area (Å²) in [6.45, 7) is -1.71. The highest BCUT2D eigenvalue weighted by Gasteiger charge is 2.20. The predicted molar refractivity (Wildman–Crippen MR) is 121 cm³/mol. The van der Waals surface area contributed by atoms with Gasteiger partial charge in [0.1, 0.15) is 18.1 Å². The molecule has 2 aromatic rings. The quantitative estimate of drug-likeness (QED) is 0.219. The molecule has 174 valence electrons. The molecule has 0 bridgehead atoms. The topological polar surface area (TPSA) is 91.8 Å². The third-order valence-electron chi connectivity index (χ3n) is 4.45. The third-order valence-corrected chi connectivity index (χ3v) is 4.45. The number of benzene rings is 2. The van der Waals surface area contributed by atoms with E-state index in [4.69, 9.17) is 23.7 Å². The van der Waals surface area contributed by atoms with Gasteiger partial charge in [0.2, 0.25) is 13.6 Å². The molecule has 32 heavy (non-hydrogen) atoms. The minimum Gasteiger partial charge on any atom is -0.492 e. The molecule has 2 heterocycles. The molecular weight excluding hydrogens is 543 g/mol. The van der Waals surface area contributed by atoms with E-state index in [-0.39, 0.29) is 49.9 Å². The first-order valence-corrected chi connectivity index (χ1v) is 9.46. The molecule has 0 saturated heterocycles. The highest BCUT2D eigenvalue weighted by atomic mass is 127. The zero-order valence-electron chi connectivity index (χ0n) is 17.1. The summed E-state index contributed by atoms with van der Waals surface area (Å²) >= 11 is 0. The molecule has 0 aliphatic carbocycles. The fourth-order valence-corrected chi connectivity index (χ4v) is 3.01. The lowest BCUT2D eigenvalue weighted by Gasteiger charge is -2.15. The van der Waals surface area contributed by atoms with E-state index in [2.05, 4.69) is 20.4 Å². The standard InChI is InChI=1S/C20H21F2N3O6.HI/c1-23-20(24-4-5-26-13-2-3-14-17(7-13)29-10-27-14)25-9-12-6-16-18(30-11-28-16)8-15(12)31-19(21)22;/h2-3,6-8,19H,4-5,9-11H2,1H3,(H2,23,24,25);1H. The van der Waals surface area contributed by atoms with E-state index >= 15 is 0 Å². The second-order valence-electron chi connectivity index (χ2n) is 6.41. The predicted octanol–water partition coefficient (Wildman–Crippen LogP) is 3.11. The number of aliphatic imine (C=N–C) groups is 1. The van der Waals surface area contributed by atoms with Gasteiger partial charge in [-0.3, -0.25) is 4.99 Å². The van der Waals surface area contributed by atoms with Crippen molar-refractivity contribution >= 4 is 29.9 Å². The van der Waals surface area contributed by atoms with E-state index in [0.29, 0.717) is 53.4 Å². The molecule has 0 atom stereocenters. The van der Waals surface area contributed by atoms with Crippen LogP contribution in [-0.4, -0.2) is 46.4 Å². The van der Waals surface area contributed by atoms with Crippen LogP contribution in [0.5, 0.6) is 34.5 Å². The Morgan fingerprint density at radius 2 is 1.69 bits per heavy atom. The summed E-state index contributed by atoms with van der Waals surface area (Å²) < 4.78 is 56.9. The van der Waals surface area contributed by atoms with Crippen LogP contribution in [0.2, 0.25) is 0 Å². The van der Waals surface area contributed by atoms with Gasteiger partial charge in [-0.1, -0.05) is 0 Å². The average molecular weight is 565 g/mol. The highest BCUT2D eigenvalue weighted by molar-refractivity contribution is 14.0. The van der Waals surface area contributed by atoms with Crippen molar-refractivity contribution in [2.75, 3.05) is 33.8 Å². The molecule has 9 nitrogen and oxygen atoms in total. The van der Waals surface area contributed by atoms with Crippen LogP contribution in [0.3, 0.4) is 0 Å². The van der Waals surface area contributed by atoms with Crippen LogP contribution in [0.25, 0.3) is 0 Å². The maximum atomic E-state index is 12.8. The Bertz CT molecular complexity index is 963. The van der Waals surface area contributed by atoms with Crippen molar-refractivity contribution < 1.29 is 37.2 Å². The van der Waals surface area contributed by atoms with Gasteiger partial charge in [-0.2, -0.15) is 8.78 Å². The van der Waals surface area contributed by atoms with Crippen LogP contribution in [0, 0.1) is 0 Å². The van der Waals surface area contributed by atoms with Gasteiger partial charge in [0.25, 0.3) is 0 Å².